The molecule has 0 aliphatic carbocycles. The number of hydrogen-bond donors (Lipinski definition) is 0. The van der Waals surface area contributed by atoms with E-state index in [0.717, 1.165) is 14.0 Å². The van der Waals surface area contributed by atoms with Gasteiger partial charge in [0.05, 0.1) is 4.24 Å². The normalized spacial score (nSPS) is 10.7. The summed E-state index contributed by atoms with van der Waals surface area (Å²) in [6.07, 6.45) is 0. The largest absolute Gasteiger partial charge is 0.191 e. The predicted molar refractivity (Wildman–Crippen MR) is 118 cm³/mol. The molecule has 0 aromatic heterocycles. The van der Waals surface area contributed by atoms with Crippen LogP contribution in [0.15, 0.2) is 104 Å². The van der Waals surface area contributed by atoms with E-state index in [-0.39, 0.29) is 5.03 Å². The molecule has 0 saturated carbocycles. The van der Waals surface area contributed by atoms with Gasteiger partial charge in [0.1, 0.15) is 11.1 Å². The minimum absolute atomic E-state index is 0.214. The Hall–Kier alpha value is -2.38. The molecule has 4 aromatic carbocycles. The van der Waals surface area contributed by atoms with E-state index in [1.807, 2.05) is 24.3 Å². The summed E-state index contributed by atoms with van der Waals surface area (Å²) < 4.78 is 0.782. The zero-order chi connectivity index (χ0) is 18.6. The van der Waals surface area contributed by atoms with Crippen molar-refractivity contribution in [2.24, 2.45) is 0 Å². The quantitative estimate of drug-likeness (QED) is 0.256. The Bertz CT molecular complexity index is 1120. The molecule has 0 atom stereocenters. The maximum absolute atomic E-state index is 9.34. The van der Waals surface area contributed by atoms with Gasteiger partial charge in [-0.1, -0.05) is 95.8 Å². The van der Waals surface area contributed by atoms with Gasteiger partial charge in [0, 0.05) is 9.79 Å². The molecule has 0 N–H and O–H groups in total. The molecule has 4 heteroatoms. The van der Waals surface area contributed by atoms with Gasteiger partial charge >= 0.3 is 0 Å². The van der Waals surface area contributed by atoms with Crippen molar-refractivity contribution in [3.8, 4) is 6.07 Å². The molecule has 0 radical (unpaired) electrons. The van der Waals surface area contributed by atoms with Gasteiger partial charge in [-0.2, -0.15) is 5.26 Å². The first kappa shape index (κ1) is 18.0. The summed E-state index contributed by atoms with van der Waals surface area (Å²) in [6.45, 7) is 0. The van der Waals surface area contributed by atoms with E-state index in [0.29, 0.717) is 0 Å². The summed E-state index contributed by atoms with van der Waals surface area (Å²) in [6, 6.07) is 31.1. The van der Waals surface area contributed by atoms with Crippen LogP contribution in [0.2, 0.25) is 0 Å². The third-order valence-corrected chi connectivity index (χ3v) is 6.90. The van der Waals surface area contributed by atoms with Crippen LogP contribution in [0.1, 0.15) is 0 Å². The lowest BCUT2D eigenvalue weighted by molar-refractivity contribution is 1.50. The third-order valence-electron chi connectivity index (χ3n) is 4.14. The number of halogens is 1. The van der Waals surface area contributed by atoms with E-state index in [2.05, 4.69) is 66.7 Å². The fourth-order valence-corrected chi connectivity index (χ4v) is 5.15. The van der Waals surface area contributed by atoms with Crippen LogP contribution in [0, 0.1) is 11.3 Å². The third kappa shape index (κ3) is 4.14. The van der Waals surface area contributed by atoms with Gasteiger partial charge in [0.15, 0.2) is 0 Å². The van der Waals surface area contributed by atoms with Crippen LogP contribution < -0.4 is 0 Å². The van der Waals surface area contributed by atoms with Gasteiger partial charge in [0.2, 0.25) is 0 Å². The number of nitrogens with zero attached hydrogens (tertiary/aromatic N) is 1. The highest BCUT2D eigenvalue weighted by Crippen LogP contribution is 2.43. The molecular formula is C23H14ClNS2. The van der Waals surface area contributed by atoms with Gasteiger partial charge in [-0.05, 0) is 45.8 Å². The molecule has 0 amide bonds. The molecule has 27 heavy (non-hydrogen) atoms. The van der Waals surface area contributed by atoms with Crippen LogP contribution in [0.4, 0.5) is 0 Å². The summed E-state index contributed by atoms with van der Waals surface area (Å²) in [4.78, 5) is 2.12. The molecule has 0 unspecified atom stereocenters. The molecule has 130 valence electrons. The first-order chi connectivity index (χ1) is 13.2. The molecule has 4 rings (SSSR count). The second-order valence-electron chi connectivity index (χ2n) is 5.94. The smallest absolute Gasteiger partial charge is 0.138 e. The fourth-order valence-electron chi connectivity index (χ4n) is 2.83. The molecule has 1 nitrogen and oxygen atoms in total. The van der Waals surface area contributed by atoms with Gasteiger partial charge in [-0.15, -0.1) is 0 Å². The maximum Gasteiger partial charge on any atom is 0.138 e. The number of rotatable bonds is 4. The minimum Gasteiger partial charge on any atom is -0.191 e. The Balaban J connectivity index is 1.65. The van der Waals surface area contributed by atoms with E-state index in [4.69, 9.17) is 11.6 Å². The topological polar surface area (TPSA) is 23.8 Å². The molecular weight excluding hydrogens is 390 g/mol. The van der Waals surface area contributed by atoms with Crippen molar-refractivity contribution >= 4 is 56.7 Å². The zero-order valence-electron chi connectivity index (χ0n) is 14.2. The lowest BCUT2D eigenvalue weighted by Gasteiger charge is -2.09. The standard InChI is InChI=1S/C23H14ClNS2/c24-22(15-25)23(26-20-11-9-16-5-1-3-7-18(16)13-20)27-21-12-10-17-6-2-4-8-19(17)14-21/h1-14H. The molecule has 4 aromatic rings. The lowest BCUT2D eigenvalue weighted by Crippen LogP contribution is -1.81. The maximum atomic E-state index is 9.34. The van der Waals surface area contributed by atoms with Crippen molar-refractivity contribution < 1.29 is 0 Å². The number of thioether (sulfide) groups is 2. The number of hydrogen-bond acceptors (Lipinski definition) is 3. The van der Waals surface area contributed by atoms with Crippen molar-refractivity contribution in [1.29, 1.82) is 5.26 Å². The molecule has 0 aliphatic rings. The van der Waals surface area contributed by atoms with Crippen molar-refractivity contribution in [2.75, 3.05) is 0 Å². The number of fused-ring (bicyclic) bond motifs is 2. The molecule has 0 spiro atoms. The van der Waals surface area contributed by atoms with E-state index >= 15 is 0 Å². The highest BCUT2D eigenvalue weighted by Gasteiger charge is 2.11. The fraction of sp³-hybridized carbons (Fsp3) is 0. The van der Waals surface area contributed by atoms with Crippen LogP contribution in [-0.2, 0) is 0 Å². The first-order valence-corrected chi connectivity index (χ1v) is 10.4. The summed E-state index contributed by atoms with van der Waals surface area (Å²) in [7, 11) is 0. The van der Waals surface area contributed by atoms with Gasteiger partial charge < -0.3 is 0 Å². The summed E-state index contributed by atoms with van der Waals surface area (Å²) in [5, 5.41) is 14.3. The Morgan fingerprint density at radius 3 is 1.56 bits per heavy atom. The van der Waals surface area contributed by atoms with Gasteiger partial charge in [-0.25, -0.2) is 0 Å². The molecule has 0 saturated heterocycles. The van der Waals surface area contributed by atoms with E-state index in [1.54, 1.807) is 0 Å². The second kappa shape index (κ2) is 8.10. The molecule has 0 bridgehead atoms. The first-order valence-electron chi connectivity index (χ1n) is 8.36. The van der Waals surface area contributed by atoms with Gasteiger partial charge in [-0.3, -0.25) is 0 Å². The summed E-state index contributed by atoms with van der Waals surface area (Å²) in [5.41, 5.74) is 0. The van der Waals surface area contributed by atoms with Gasteiger partial charge in [0.25, 0.3) is 0 Å². The number of benzene rings is 4. The van der Waals surface area contributed by atoms with E-state index < -0.39 is 0 Å². The van der Waals surface area contributed by atoms with Crippen LogP contribution in [0.5, 0.6) is 0 Å². The van der Waals surface area contributed by atoms with Crippen LogP contribution in [0.25, 0.3) is 21.5 Å². The number of nitriles is 1. The highest BCUT2D eigenvalue weighted by molar-refractivity contribution is 8.22. The summed E-state index contributed by atoms with van der Waals surface area (Å²) in [5.74, 6) is 0. The monoisotopic (exact) mass is 403 g/mol. The van der Waals surface area contributed by atoms with Crippen molar-refractivity contribution in [2.45, 2.75) is 9.79 Å². The Morgan fingerprint density at radius 1 is 0.667 bits per heavy atom. The Labute approximate surface area is 171 Å². The Kier molecular flexibility index (Phi) is 5.40. The molecule has 0 heterocycles. The molecule has 0 aliphatic heterocycles. The lowest BCUT2D eigenvalue weighted by atomic mass is 10.1. The molecule has 0 fully saturated rings. The second-order valence-corrected chi connectivity index (χ2v) is 8.74. The van der Waals surface area contributed by atoms with Crippen molar-refractivity contribution in [1.82, 2.24) is 0 Å². The highest BCUT2D eigenvalue weighted by atomic mass is 35.5. The van der Waals surface area contributed by atoms with Crippen molar-refractivity contribution in [3.05, 3.63) is 94.2 Å². The zero-order valence-corrected chi connectivity index (χ0v) is 16.6. The SMILES string of the molecule is N#CC(Cl)=C(Sc1ccc2ccccc2c1)Sc1ccc2ccccc2c1. The Morgan fingerprint density at radius 2 is 1.11 bits per heavy atom. The average Bonchev–Trinajstić information content (AvgIpc) is 2.72. The number of allylic oxidation sites excluding steroid dienone is 1. The average molecular weight is 404 g/mol. The minimum atomic E-state index is 0.214. The van der Waals surface area contributed by atoms with E-state index in [1.165, 1.54) is 45.1 Å². The van der Waals surface area contributed by atoms with E-state index in [9.17, 15) is 5.26 Å². The van der Waals surface area contributed by atoms with Crippen molar-refractivity contribution in [3.63, 3.8) is 0 Å². The van der Waals surface area contributed by atoms with Crippen LogP contribution >= 0.6 is 35.1 Å². The van der Waals surface area contributed by atoms with Crippen LogP contribution in [-0.4, -0.2) is 0 Å². The summed E-state index contributed by atoms with van der Waals surface area (Å²) >= 11 is 9.29. The van der Waals surface area contributed by atoms with Crippen LogP contribution in [0.3, 0.4) is 0 Å². The predicted octanol–water partition coefficient (Wildman–Crippen LogP) is 7.81.